The molecule has 5 nitrogen and oxygen atoms in total. The number of carbonyl (C=O) groups excluding carboxylic acids is 1. The van der Waals surface area contributed by atoms with Gasteiger partial charge in [-0.1, -0.05) is 0 Å². The molecule has 3 aliphatic rings. The van der Waals surface area contributed by atoms with Gasteiger partial charge in [-0.05, 0) is 31.6 Å². The number of carbonyl (C=O) groups is 1. The molecule has 0 saturated carbocycles. The van der Waals surface area contributed by atoms with Gasteiger partial charge >= 0.3 is 0 Å². The number of hydrogen-bond acceptors (Lipinski definition) is 4. The summed E-state index contributed by atoms with van der Waals surface area (Å²) in [6.45, 7) is 6.20. The Hall–Kier alpha value is -0.650. The number of piperidine rings is 1. The summed E-state index contributed by atoms with van der Waals surface area (Å²) in [6.07, 6.45) is 4.59. The van der Waals surface area contributed by atoms with Crippen LogP contribution < -0.4 is 0 Å². The van der Waals surface area contributed by atoms with Crippen molar-refractivity contribution in [1.29, 1.82) is 0 Å². The molecule has 3 heterocycles. The highest BCUT2D eigenvalue weighted by Crippen LogP contribution is 2.30. The molecule has 3 rings (SSSR count). The van der Waals surface area contributed by atoms with E-state index in [0.717, 1.165) is 52.2 Å². The molecule has 0 aromatic carbocycles. The molecule has 0 aromatic rings. The molecule has 0 unspecified atom stereocenters. The van der Waals surface area contributed by atoms with E-state index < -0.39 is 0 Å². The van der Waals surface area contributed by atoms with E-state index in [9.17, 15) is 4.79 Å². The highest BCUT2D eigenvalue weighted by atomic mass is 16.5. The van der Waals surface area contributed by atoms with E-state index in [0.29, 0.717) is 5.92 Å². The summed E-state index contributed by atoms with van der Waals surface area (Å²) in [5.74, 6) is 0.812. The second-order valence-corrected chi connectivity index (χ2v) is 6.61. The second-order valence-electron chi connectivity index (χ2n) is 6.61. The van der Waals surface area contributed by atoms with E-state index in [4.69, 9.17) is 9.47 Å². The minimum atomic E-state index is -0.0811. The number of morpholine rings is 1. The summed E-state index contributed by atoms with van der Waals surface area (Å²) in [5, 5.41) is 0. The zero-order valence-electron chi connectivity index (χ0n) is 12.5. The van der Waals surface area contributed by atoms with Gasteiger partial charge in [-0.15, -0.1) is 0 Å². The third kappa shape index (κ3) is 3.15. The quantitative estimate of drug-likeness (QED) is 0.749. The zero-order chi connectivity index (χ0) is 14.0. The molecule has 0 radical (unpaired) electrons. The first-order valence-corrected chi connectivity index (χ1v) is 7.85. The van der Waals surface area contributed by atoms with Crippen LogP contribution in [-0.4, -0.2) is 74.4 Å². The summed E-state index contributed by atoms with van der Waals surface area (Å²) >= 11 is 0. The molecule has 114 valence electrons. The van der Waals surface area contributed by atoms with Crippen molar-refractivity contribution in [2.24, 2.45) is 5.92 Å². The van der Waals surface area contributed by atoms with Crippen LogP contribution in [0.15, 0.2) is 0 Å². The first kappa shape index (κ1) is 14.3. The number of likely N-dealkylation sites (N-methyl/N-ethyl adjacent to an activating group) is 1. The molecule has 20 heavy (non-hydrogen) atoms. The van der Waals surface area contributed by atoms with Gasteiger partial charge in [0, 0.05) is 39.8 Å². The summed E-state index contributed by atoms with van der Waals surface area (Å²) in [4.78, 5) is 15.9. The van der Waals surface area contributed by atoms with Crippen molar-refractivity contribution in [3.63, 3.8) is 0 Å². The lowest BCUT2D eigenvalue weighted by atomic mass is 9.88. The number of amides is 1. The average molecular weight is 282 g/mol. The highest BCUT2D eigenvalue weighted by molar-refractivity contribution is 5.78. The Morgan fingerprint density at radius 2 is 2.15 bits per heavy atom. The molecule has 0 bridgehead atoms. The van der Waals surface area contributed by atoms with Crippen molar-refractivity contribution < 1.29 is 14.3 Å². The van der Waals surface area contributed by atoms with Gasteiger partial charge in [0.2, 0.25) is 5.91 Å². The smallest absolute Gasteiger partial charge is 0.248 e. The van der Waals surface area contributed by atoms with Crippen LogP contribution in [0.25, 0.3) is 0 Å². The Morgan fingerprint density at radius 3 is 2.80 bits per heavy atom. The van der Waals surface area contributed by atoms with Gasteiger partial charge in [0.25, 0.3) is 0 Å². The second kappa shape index (κ2) is 6.00. The van der Waals surface area contributed by atoms with Gasteiger partial charge in [0.05, 0.1) is 12.2 Å². The molecule has 3 aliphatic heterocycles. The van der Waals surface area contributed by atoms with Gasteiger partial charge in [-0.2, -0.15) is 0 Å². The predicted molar refractivity (Wildman–Crippen MR) is 75.5 cm³/mol. The Morgan fingerprint density at radius 1 is 1.35 bits per heavy atom. The van der Waals surface area contributed by atoms with Crippen LogP contribution in [0.3, 0.4) is 0 Å². The molecular weight excluding hydrogens is 256 g/mol. The number of hydrogen-bond donors (Lipinski definition) is 0. The van der Waals surface area contributed by atoms with Crippen molar-refractivity contribution in [2.75, 3.05) is 53.0 Å². The monoisotopic (exact) mass is 282 g/mol. The maximum absolute atomic E-state index is 11.5. The van der Waals surface area contributed by atoms with Crippen LogP contribution in [0.2, 0.25) is 0 Å². The first-order valence-electron chi connectivity index (χ1n) is 7.85. The van der Waals surface area contributed by atoms with Gasteiger partial charge in [0.15, 0.2) is 0 Å². The lowest BCUT2D eigenvalue weighted by Gasteiger charge is -2.46. The van der Waals surface area contributed by atoms with Crippen molar-refractivity contribution in [1.82, 2.24) is 9.80 Å². The van der Waals surface area contributed by atoms with Crippen molar-refractivity contribution in [3.05, 3.63) is 0 Å². The Kier molecular flexibility index (Phi) is 4.29. The van der Waals surface area contributed by atoms with Gasteiger partial charge in [-0.25, -0.2) is 0 Å². The van der Waals surface area contributed by atoms with E-state index in [-0.39, 0.29) is 18.1 Å². The molecular formula is C15H26N2O3. The molecule has 5 heteroatoms. The topological polar surface area (TPSA) is 42.0 Å². The van der Waals surface area contributed by atoms with Crippen molar-refractivity contribution in [3.8, 4) is 0 Å². The van der Waals surface area contributed by atoms with Gasteiger partial charge in [-0.3, -0.25) is 4.79 Å². The fraction of sp³-hybridized carbons (Fsp3) is 0.933. The third-order valence-corrected chi connectivity index (χ3v) is 4.99. The molecule has 0 aliphatic carbocycles. The van der Waals surface area contributed by atoms with Crippen LogP contribution in [0.5, 0.6) is 0 Å². The average Bonchev–Trinajstić information content (AvgIpc) is 2.47. The van der Waals surface area contributed by atoms with Crippen LogP contribution in [0, 0.1) is 5.92 Å². The minimum absolute atomic E-state index is 0.0811. The molecule has 3 saturated heterocycles. The van der Waals surface area contributed by atoms with E-state index in [1.165, 1.54) is 12.8 Å². The SMILES string of the molecule is CN1CC2(CCN(C[C@H]3CCCOC3)CC2)OCC1=O. The molecule has 0 N–H and O–H groups in total. The lowest BCUT2D eigenvalue weighted by molar-refractivity contribution is -0.169. The van der Waals surface area contributed by atoms with Crippen LogP contribution >= 0.6 is 0 Å². The molecule has 0 aromatic heterocycles. The van der Waals surface area contributed by atoms with E-state index in [2.05, 4.69) is 4.90 Å². The largest absolute Gasteiger partial charge is 0.381 e. The van der Waals surface area contributed by atoms with Crippen molar-refractivity contribution in [2.45, 2.75) is 31.3 Å². The number of likely N-dealkylation sites (tertiary alicyclic amines) is 1. The summed E-state index contributed by atoms with van der Waals surface area (Å²) in [6, 6.07) is 0. The van der Waals surface area contributed by atoms with Crippen LogP contribution in [0.1, 0.15) is 25.7 Å². The lowest BCUT2D eigenvalue weighted by Crippen LogP contribution is -2.58. The minimum Gasteiger partial charge on any atom is -0.381 e. The Labute approximate surface area is 121 Å². The van der Waals surface area contributed by atoms with E-state index >= 15 is 0 Å². The van der Waals surface area contributed by atoms with E-state index in [1.807, 2.05) is 11.9 Å². The first-order chi connectivity index (χ1) is 9.67. The third-order valence-electron chi connectivity index (χ3n) is 4.99. The standard InChI is InChI=1S/C15H26N2O3/c1-16-12-15(20-11-14(16)18)4-6-17(7-5-15)9-13-3-2-8-19-10-13/h13H,2-12H2,1H3/t13-/m1/s1. The highest BCUT2D eigenvalue weighted by Gasteiger charge is 2.41. The van der Waals surface area contributed by atoms with Crippen LogP contribution in [0.4, 0.5) is 0 Å². The maximum Gasteiger partial charge on any atom is 0.248 e. The summed E-state index contributed by atoms with van der Waals surface area (Å²) < 4.78 is 11.4. The molecule has 1 amide bonds. The predicted octanol–water partition coefficient (Wildman–Crippen LogP) is 0.736. The molecule has 3 fully saturated rings. The fourth-order valence-electron chi connectivity index (χ4n) is 3.65. The molecule has 1 atom stereocenters. The number of rotatable bonds is 2. The molecule has 1 spiro atoms. The van der Waals surface area contributed by atoms with Crippen molar-refractivity contribution >= 4 is 5.91 Å². The van der Waals surface area contributed by atoms with Gasteiger partial charge in [0.1, 0.15) is 6.61 Å². The summed E-state index contributed by atoms with van der Waals surface area (Å²) in [7, 11) is 1.89. The number of ether oxygens (including phenoxy) is 2. The summed E-state index contributed by atoms with van der Waals surface area (Å²) in [5.41, 5.74) is -0.0811. The fourth-order valence-corrected chi connectivity index (χ4v) is 3.65. The zero-order valence-corrected chi connectivity index (χ0v) is 12.5. The normalized spacial score (nSPS) is 31.8. The van der Waals surface area contributed by atoms with Gasteiger partial charge < -0.3 is 19.3 Å². The maximum atomic E-state index is 11.5. The number of nitrogens with zero attached hydrogens (tertiary/aromatic N) is 2. The van der Waals surface area contributed by atoms with E-state index in [1.54, 1.807) is 0 Å². The Bertz CT molecular complexity index is 347. The van der Waals surface area contributed by atoms with Crippen LogP contribution in [-0.2, 0) is 14.3 Å². The Balaban J connectivity index is 1.48.